The van der Waals surface area contributed by atoms with Crippen LogP contribution in [0, 0.1) is 17.3 Å². The molecule has 1 saturated carbocycles. The first kappa shape index (κ1) is 16.1. The molecule has 1 rings (SSSR count). The smallest absolute Gasteiger partial charge is 0.201 e. The molecule has 0 amide bonds. The van der Waals surface area contributed by atoms with Gasteiger partial charge in [0, 0.05) is 24.2 Å². The van der Waals surface area contributed by atoms with E-state index in [1.54, 1.807) is 0 Å². The summed E-state index contributed by atoms with van der Waals surface area (Å²) < 4.78 is 0. The number of Topliss-reactive ketones (excluding diaryl/α,β-unsaturated/α-hetero) is 3. The maximum atomic E-state index is 12.2. The van der Waals surface area contributed by atoms with E-state index in [-0.39, 0.29) is 23.8 Å². The standard InChI is InChI=1S/C16H26O3/c1-5-6-12(10-14(18)16(2,3)4)15(19)13(17)9-11-7-8-11/h11-12H,5-10H2,1-4H3/t12-/m0/s1. The number of carbonyl (C=O) groups is 3. The third-order valence-electron chi connectivity index (χ3n) is 3.72. The van der Waals surface area contributed by atoms with Crippen LogP contribution in [-0.2, 0) is 14.4 Å². The number of ketones is 3. The summed E-state index contributed by atoms with van der Waals surface area (Å²) in [7, 11) is 0. The van der Waals surface area contributed by atoms with Crippen molar-refractivity contribution in [2.24, 2.45) is 17.3 Å². The number of rotatable bonds is 8. The summed E-state index contributed by atoms with van der Waals surface area (Å²) in [6.45, 7) is 7.55. The fourth-order valence-corrected chi connectivity index (χ4v) is 2.12. The zero-order valence-corrected chi connectivity index (χ0v) is 12.6. The number of hydrogen-bond acceptors (Lipinski definition) is 3. The zero-order chi connectivity index (χ0) is 14.6. The maximum absolute atomic E-state index is 12.2. The van der Waals surface area contributed by atoms with Crippen LogP contribution < -0.4 is 0 Å². The number of carbonyl (C=O) groups excluding carboxylic acids is 3. The van der Waals surface area contributed by atoms with Crippen LogP contribution in [0.25, 0.3) is 0 Å². The van der Waals surface area contributed by atoms with Gasteiger partial charge in [0.15, 0.2) is 5.78 Å². The molecular weight excluding hydrogens is 240 g/mol. The maximum Gasteiger partial charge on any atom is 0.201 e. The van der Waals surface area contributed by atoms with E-state index in [1.807, 2.05) is 27.7 Å². The van der Waals surface area contributed by atoms with E-state index >= 15 is 0 Å². The van der Waals surface area contributed by atoms with Crippen molar-refractivity contribution in [2.75, 3.05) is 0 Å². The molecule has 0 bridgehead atoms. The Hall–Kier alpha value is -0.990. The van der Waals surface area contributed by atoms with Crippen LogP contribution in [0.2, 0.25) is 0 Å². The van der Waals surface area contributed by atoms with Crippen LogP contribution in [0.1, 0.15) is 66.2 Å². The van der Waals surface area contributed by atoms with E-state index in [1.165, 1.54) is 0 Å². The lowest BCUT2D eigenvalue weighted by atomic mass is 9.81. The molecule has 0 spiro atoms. The SMILES string of the molecule is CCC[C@@H](CC(=O)C(C)(C)C)C(=O)C(=O)CC1CC1. The van der Waals surface area contributed by atoms with Gasteiger partial charge in [-0.15, -0.1) is 0 Å². The van der Waals surface area contributed by atoms with Crippen LogP contribution in [-0.4, -0.2) is 17.3 Å². The highest BCUT2D eigenvalue weighted by Crippen LogP contribution is 2.33. The molecule has 1 atom stereocenters. The first-order chi connectivity index (χ1) is 8.75. The summed E-state index contributed by atoms with van der Waals surface area (Å²) >= 11 is 0. The molecule has 0 radical (unpaired) electrons. The van der Waals surface area contributed by atoms with Crippen molar-refractivity contribution in [3.8, 4) is 0 Å². The minimum Gasteiger partial charge on any atom is -0.299 e. The fourth-order valence-electron chi connectivity index (χ4n) is 2.12. The molecule has 19 heavy (non-hydrogen) atoms. The van der Waals surface area contributed by atoms with E-state index in [0.29, 0.717) is 18.8 Å². The highest BCUT2D eigenvalue weighted by molar-refractivity contribution is 6.38. The van der Waals surface area contributed by atoms with Crippen molar-refractivity contribution >= 4 is 17.3 Å². The molecule has 0 unspecified atom stereocenters. The van der Waals surface area contributed by atoms with Gasteiger partial charge in [-0.1, -0.05) is 34.1 Å². The highest BCUT2D eigenvalue weighted by Gasteiger charge is 2.33. The van der Waals surface area contributed by atoms with Crippen LogP contribution in [0.3, 0.4) is 0 Å². The van der Waals surface area contributed by atoms with E-state index in [4.69, 9.17) is 0 Å². The lowest BCUT2D eigenvalue weighted by Gasteiger charge is -2.20. The monoisotopic (exact) mass is 266 g/mol. The van der Waals surface area contributed by atoms with Crippen LogP contribution in [0.15, 0.2) is 0 Å². The molecule has 0 aromatic rings. The van der Waals surface area contributed by atoms with Crippen molar-refractivity contribution in [1.82, 2.24) is 0 Å². The largest absolute Gasteiger partial charge is 0.299 e. The second-order valence-electron chi connectivity index (χ2n) is 6.80. The summed E-state index contributed by atoms with van der Waals surface area (Å²) in [5, 5.41) is 0. The summed E-state index contributed by atoms with van der Waals surface area (Å²) in [6.07, 6.45) is 4.20. The zero-order valence-electron chi connectivity index (χ0n) is 12.6. The molecule has 3 heteroatoms. The predicted octanol–water partition coefficient (Wildman–Crippen LogP) is 3.35. The van der Waals surface area contributed by atoms with Crippen molar-refractivity contribution in [2.45, 2.75) is 66.2 Å². The van der Waals surface area contributed by atoms with Crippen molar-refractivity contribution < 1.29 is 14.4 Å². The minimum absolute atomic E-state index is 0.0681. The molecule has 0 aliphatic heterocycles. The minimum atomic E-state index is -0.439. The van der Waals surface area contributed by atoms with E-state index < -0.39 is 11.3 Å². The molecule has 0 N–H and O–H groups in total. The Morgan fingerprint density at radius 1 is 1.16 bits per heavy atom. The van der Waals surface area contributed by atoms with Gasteiger partial charge in [0.05, 0.1) is 0 Å². The lowest BCUT2D eigenvalue weighted by Crippen LogP contribution is -2.30. The number of hydrogen-bond donors (Lipinski definition) is 0. The van der Waals surface area contributed by atoms with Crippen LogP contribution in [0.5, 0.6) is 0 Å². The average molecular weight is 266 g/mol. The predicted molar refractivity (Wildman–Crippen MR) is 74.8 cm³/mol. The van der Waals surface area contributed by atoms with E-state index in [0.717, 1.165) is 19.3 Å². The van der Waals surface area contributed by atoms with Gasteiger partial charge in [-0.05, 0) is 25.2 Å². The Labute approximate surface area is 116 Å². The first-order valence-electron chi connectivity index (χ1n) is 7.36. The van der Waals surface area contributed by atoms with Gasteiger partial charge in [0.25, 0.3) is 0 Å². The van der Waals surface area contributed by atoms with Gasteiger partial charge in [-0.3, -0.25) is 14.4 Å². The van der Waals surface area contributed by atoms with Crippen LogP contribution >= 0.6 is 0 Å². The van der Waals surface area contributed by atoms with Gasteiger partial charge in [0.2, 0.25) is 5.78 Å². The van der Waals surface area contributed by atoms with Crippen molar-refractivity contribution in [3.05, 3.63) is 0 Å². The van der Waals surface area contributed by atoms with Crippen molar-refractivity contribution in [1.29, 1.82) is 0 Å². The van der Waals surface area contributed by atoms with E-state index in [9.17, 15) is 14.4 Å². The summed E-state index contributed by atoms with van der Waals surface area (Å²) in [6, 6.07) is 0. The summed E-state index contributed by atoms with van der Waals surface area (Å²) in [5.41, 5.74) is -0.439. The Bertz CT molecular complexity index is 359. The topological polar surface area (TPSA) is 51.2 Å². The normalized spacial score (nSPS) is 17.1. The molecule has 1 fully saturated rings. The van der Waals surface area contributed by atoms with Gasteiger partial charge >= 0.3 is 0 Å². The molecule has 0 heterocycles. The van der Waals surface area contributed by atoms with Gasteiger partial charge in [-0.2, -0.15) is 0 Å². The van der Waals surface area contributed by atoms with Crippen LogP contribution in [0.4, 0.5) is 0 Å². The molecule has 0 aromatic heterocycles. The van der Waals surface area contributed by atoms with Gasteiger partial charge in [0.1, 0.15) is 5.78 Å². The third kappa shape index (κ3) is 5.25. The second kappa shape index (κ2) is 6.44. The quantitative estimate of drug-likeness (QED) is 0.633. The Morgan fingerprint density at radius 3 is 2.16 bits per heavy atom. The average Bonchev–Trinajstić information content (AvgIpc) is 3.09. The third-order valence-corrected chi connectivity index (χ3v) is 3.72. The fraction of sp³-hybridized carbons (Fsp3) is 0.812. The second-order valence-corrected chi connectivity index (χ2v) is 6.80. The first-order valence-corrected chi connectivity index (χ1v) is 7.36. The van der Waals surface area contributed by atoms with Gasteiger partial charge in [-0.25, -0.2) is 0 Å². The van der Waals surface area contributed by atoms with Gasteiger partial charge < -0.3 is 0 Å². The molecule has 3 nitrogen and oxygen atoms in total. The summed E-state index contributed by atoms with van der Waals surface area (Å²) in [5.74, 6) is -0.479. The lowest BCUT2D eigenvalue weighted by molar-refractivity contribution is -0.141. The molecule has 1 aliphatic carbocycles. The Kier molecular flexibility index (Phi) is 5.45. The molecule has 0 saturated heterocycles. The molecular formula is C16H26O3. The van der Waals surface area contributed by atoms with Crippen molar-refractivity contribution in [3.63, 3.8) is 0 Å². The highest BCUT2D eigenvalue weighted by atomic mass is 16.2. The molecule has 1 aliphatic rings. The molecule has 108 valence electrons. The summed E-state index contributed by atoms with van der Waals surface area (Å²) in [4.78, 5) is 36.1. The molecule has 0 aromatic carbocycles. The van der Waals surface area contributed by atoms with E-state index in [2.05, 4.69) is 0 Å². The Morgan fingerprint density at radius 2 is 1.74 bits per heavy atom. The Balaban J connectivity index is 2.61.